The van der Waals surface area contributed by atoms with Crippen molar-refractivity contribution in [3.8, 4) is 0 Å². The predicted molar refractivity (Wildman–Crippen MR) is 65.3 cm³/mol. The Bertz CT molecular complexity index is 347. The van der Waals surface area contributed by atoms with Crippen molar-refractivity contribution in [1.29, 1.82) is 0 Å². The molecule has 0 fully saturated rings. The maximum atomic E-state index is 11.3. The van der Waals surface area contributed by atoms with Crippen molar-refractivity contribution >= 4 is 28.7 Å². The third-order valence-electron chi connectivity index (χ3n) is 1.95. The Labute approximate surface area is 107 Å². The highest BCUT2D eigenvalue weighted by Crippen LogP contribution is 1.91. The van der Waals surface area contributed by atoms with Gasteiger partial charge in [-0.1, -0.05) is 6.92 Å². The number of aliphatic carboxylic acids is 1. The van der Waals surface area contributed by atoms with Crippen LogP contribution in [0.25, 0.3) is 0 Å². The van der Waals surface area contributed by atoms with Gasteiger partial charge in [-0.05, 0) is 0 Å². The molecule has 0 radical (unpaired) electrons. The van der Waals surface area contributed by atoms with Gasteiger partial charge in [0.1, 0.15) is 6.04 Å². The molecule has 0 aromatic heterocycles. The number of carbonyl (C=O) groups excluding carboxylic acids is 2. The monoisotopic (exact) mass is 279 g/mol. The number of amides is 3. The van der Waals surface area contributed by atoms with E-state index >= 15 is 0 Å². The van der Waals surface area contributed by atoms with E-state index in [1.54, 1.807) is 6.92 Å². The van der Waals surface area contributed by atoms with Crippen LogP contribution >= 0.6 is 0 Å². The second-order valence-electron chi connectivity index (χ2n) is 3.39. The first-order chi connectivity index (χ1) is 8.36. The van der Waals surface area contributed by atoms with E-state index in [2.05, 4.69) is 10.6 Å². The van der Waals surface area contributed by atoms with Gasteiger partial charge in [-0.15, -0.1) is 0 Å². The summed E-state index contributed by atoms with van der Waals surface area (Å²) in [7, 11) is -1.01. The molecule has 9 heteroatoms. The number of urea groups is 1. The highest BCUT2D eigenvalue weighted by Gasteiger charge is 2.21. The second-order valence-corrected chi connectivity index (χ2v) is 5.26. The summed E-state index contributed by atoms with van der Waals surface area (Å²) in [6, 6.07) is -2.10. The zero-order valence-electron chi connectivity index (χ0n) is 9.97. The summed E-state index contributed by atoms with van der Waals surface area (Å²) in [5.41, 5.74) is 4.85. The van der Waals surface area contributed by atoms with Crippen molar-refractivity contribution in [2.75, 3.05) is 18.1 Å². The molecule has 0 saturated carbocycles. The second kappa shape index (κ2) is 8.45. The van der Waals surface area contributed by atoms with Crippen LogP contribution in [0.15, 0.2) is 0 Å². The van der Waals surface area contributed by atoms with Crippen LogP contribution in [-0.2, 0) is 20.4 Å². The number of rotatable bonds is 8. The average molecular weight is 279 g/mol. The number of hydrogen-bond donors (Lipinski definition) is 4. The topological polar surface area (TPSA) is 139 Å². The maximum absolute atomic E-state index is 11.3. The van der Waals surface area contributed by atoms with Crippen LogP contribution in [0, 0.1) is 0 Å². The van der Waals surface area contributed by atoms with Gasteiger partial charge in [0.15, 0.2) is 0 Å². The SMILES string of the molecule is CCS(=O)CCNC(=O)N[C@H](CC(N)=O)C(=O)O. The molecule has 1 unspecified atom stereocenters. The first-order valence-corrected chi connectivity index (χ1v) is 6.76. The van der Waals surface area contributed by atoms with Gasteiger partial charge >= 0.3 is 12.0 Å². The molecule has 2 atom stereocenters. The smallest absolute Gasteiger partial charge is 0.326 e. The molecule has 104 valence electrons. The molecule has 0 aliphatic carbocycles. The number of hydrogen-bond acceptors (Lipinski definition) is 4. The Kier molecular flexibility index (Phi) is 7.68. The van der Waals surface area contributed by atoms with E-state index in [1.165, 1.54) is 0 Å². The zero-order valence-corrected chi connectivity index (χ0v) is 10.8. The molecule has 8 nitrogen and oxygen atoms in total. The van der Waals surface area contributed by atoms with Crippen LogP contribution in [0.1, 0.15) is 13.3 Å². The van der Waals surface area contributed by atoms with Crippen molar-refractivity contribution in [1.82, 2.24) is 10.6 Å². The third kappa shape index (κ3) is 7.60. The van der Waals surface area contributed by atoms with E-state index in [1.807, 2.05) is 0 Å². The molecule has 0 aliphatic heterocycles. The Morgan fingerprint density at radius 1 is 1.39 bits per heavy atom. The van der Waals surface area contributed by atoms with Crippen LogP contribution in [0.2, 0.25) is 0 Å². The van der Waals surface area contributed by atoms with Gasteiger partial charge in [0.2, 0.25) is 5.91 Å². The standard InChI is InChI=1S/C9H17N3O5S/c1-2-18(17)4-3-11-9(16)12-6(8(14)15)5-7(10)13/h6H,2-5H2,1H3,(H2,10,13)(H,14,15)(H2,11,12,16)/t6-,18?/m1/s1. The highest BCUT2D eigenvalue weighted by molar-refractivity contribution is 7.84. The molecule has 0 aliphatic rings. The molecule has 0 spiro atoms. The van der Waals surface area contributed by atoms with Gasteiger partial charge in [-0.2, -0.15) is 0 Å². The molecule has 18 heavy (non-hydrogen) atoms. The van der Waals surface area contributed by atoms with E-state index in [0.717, 1.165) is 0 Å². The van der Waals surface area contributed by atoms with Gasteiger partial charge in [-0.3, -0.25) is 9.00 Å². The lowest BCUT2D eigenvalue weighted by Crippen LogP contribution is -2.48. The van der Waals surface area contributed by atoms with Gasteiger partial charge < -0.3 is 21.5 Å². The summed E-state index contributed by atoms with van der Waals surface area (Å²) < 4.78 is 11.1. The summed E-state index contributed by atoms with van der Waals surface area (Å²) in [4.78, 5) is 32.6. The molecule has 0 saturated heterocycles. The number of primary amides is 1. The Balaban J connectivity index is 4.06. The lowest BCUT2D eigenvalue weighted by Gasteiger charge is -2.13. The molecule has 0 rings (SSSR count). The number of carboxylic acid groups (broad SMARTS) is 1. The molecule has 0 heterocycles. The fourth-order valence-electron chi connectivity index (χ4n) is 1.03. The minimum Gasteiger partial charge on any atom is -0.480 e. The quantitative estimate of drug-likeness (QED) is 0.423. The van der Waals surface area contributed by atoms with Crippen molar-refractivity contribution in [3.63, 3.8) is 0 Å². The first-order valence-electron chi connectivity index (χ1n) is 5.27. The van der Waals surface area contributed by atoms with E-state index in [0.29, 0.717) is 5.75 Å². The fourth-order valence-corrected chi connectivity index (χ4v) is 1.65. The summed E-state index contributed by atoms with van der Waals surface area (Å²) in [6.07, 6.45) is -0.482. The van der Waals surface area contributed by atoms with E-state index in [4.69, 9.17) is 10.8 Å². The maximum Gasteiger partial charge on any atom is 0.326 e. The lowest BCUT2D eigenvalue weighted by atomic mass is 10.2. The molecule has 5 N–H and O–H groups in total. The number of nitrogens with one attached hydrogen (secondary N) is 2. The van der Waals surface area contributed by atoms with Crippen molar-refractivity contribution in [2.24, 2.45) is 5.73 Å². The van der Waals surface area contributed by atoms with E-state index < -0.39 is 41.2 Å². The van der Waals surface area contributed by atoms with Gasteiger partial charge in [0.05, 0.1) is 6.42 Å². The lowest BCUT2D eigenvalue weighted by molar-refractivity contribution is -0.140. The van der Waals surface area contributed by atoms with Crippen LogP contribution in [0.4, 0.5) is 4.79 Å². The first kappa shape index (κ1) is 16.4. The van der Waals surface area contributed by atoms with Gasteiger partial charge in [0.25, 0.3) is 0 Å². The van der Waals surface area contributed by atoms with Crippen LogP contribution < -0.4 is 16.4 Å². The number of nitrogens with two attached hydrogens (primary N) is 1. The molecule has 0 bridgehead atoms. The van der Waals surface area contributed by atoms with Crippen molar-refractivity contribution in [2.45, 2.75) is 19.4 Å². The van der Waals surface area contributed by atoms with Crippen LogP contribution in [-0.4, -0.2) is 51.3 Å². The van der Waals surface area contributed by atoms with E-state index in [-0.39, 0.29) is 12.3 Å². The summed E-state index contributed by atoms with van der Waals surface area (Å²) in [6.45, 7) is 1.92. The fraction of sp³-hybridized carbons (Fsp3) is 0.667. The predicted octanol–water partition coefficient (Wildman–Crippen LogP) is -1.62. The minimum absolute atomic E-state index is 0.162. The molecule has 3 amide bonds. The van der Waals surface area contributed by atoms with E-state index in [9.17, 15) is 18.6 Å². The number of carboxylic acids is 1. The minimum atomic E-state index is -1.36. The summed E-state index contributed by atoms with van der Waals surface area (Å²) in [5.74, 6) is -1.39. The molecule has 0 aromatic carbocycles. The molecular formula is C9H17N3O5S. The largest absolute Gasteiger partial charge is 0.480 e. The van der Waals surface area contributed by atoms with Crippen molar-refractivity contribution < 1.29 is 23.7 Å². The van der Waals surface area contributed by atoms with Crippen molar-refractivity contribution in [3.05, 3.63) is 0 Å². The van der Waals surface area contributed by atoms with Gasteiger partial charge in [-0.25, -0.2) is 9.59 Å². The normalized spacial score (nSPS) is 13.4. The van der Waals surface area contributed by atoms with Gasteiger partial charge in [0, 0.05) is 28.9 Å². The zero-order chi connectivity index (χ0) is 14.1. The average Bonchev–Trinajstić information content (AvgIpc) is 2.27. The highest BCUT2D eigenvalue weighted by atomic mass is 32.2. The Hall–Kier alpha value is -1.64. The number of carbonyl (C=O) groups is 3. The summed E-state index contributed by atoms with van der Waals surface area (Å²) in [5, 5.41) is 13.2. The molecule has 0 aromatic rings. The third-order valence-corrected chi connectivity index (χ3v) is 3.25. The Morgan fingerprint density at radius 2 is 2.00 bits per heavy atom. The summed E-state index contributed by atoms with van der Waals surface area (Å²) >= 11 is 0. The van der Waals surface area contributed by atoms with Crippen LogP contribution in [0.5, 0.6) is 0 Å². The van der Waals surface area contributed by atoms with Crippen LogP contribution in [0.3, 0.4) is 0 Å². The Morgan fingerprint density at radius 3 is 2.44 bits per heavy atom. The molecular weight excluding hydrogens is 262 g/mol.